The molecule has 2 aromatic carbocycles. The molecule has 2 aromatic rings. The summed E-state index contributed by atoms with van der Waals surface area (Å²) >= 11 is 5.50. The van der Waals surface area contributed by atoms with Crippen molar-refractivity contribution < 1.29 is 14.4 Å². The zero-order valence-corrected chi connectivity index (χ0v) is 18.0. The fourth-order valence-corrected chi connectivity index (χ4v) is 3.76. The van der Waals surface area contributed by atoms with Crippen LogP contribution in [0.25, 0.3) is 0 Å². The maximum atomic E-state index is 10.8. The second-order valence-electron chi connectivity index (χ2n) is 8.13. The van der Waals surface area contributed by atoms with Gasteiger partial charge in [0.2, 0.25) is 0 Å². The standard InChI is InChI=1S/C21H25N3O4S/c1-20(2)12-28-21(3,4)15-10-11-16(27-5)18(17(15)20)23-19(29)22-13-6-8-14(9-7-13)24(25)26/h6-11H,12H2,1-5H3,(H2,22,23,29). The monoisotopic (exact) mass is 415 g/mol. The summed E-state index contributed by atoms with van der Waals surface area (Å²) in [5.74, 6) is 0.683. The average molecular weight is 416 g/mol. The van der Waals surface area contributed by atoms with Gasteiger partial charge in [0.15, 0.2) is 5.11 Å². The summed E-state index contributed by atoms with van der Waals surface area (Å²) in [6, 6.07) is 10.0. The van der Waals surface area contributed by atoms with Gasteiger partial charge in [-0.1, -0.05) is 19.9 Å². The van der Waals surface area contributed by atoms with Crippen LogP contribution in [0, 0.1) is 10.1 Å². The Morgan fingerprint density at radius 2 is 1.79 bits per heavy atom. The van der Waals surface area contributed by atoms with Gasteiger partial charge in [-0.3, -0.25) is 10.1 Å². The Balaban J connectivity index is 1.94. The number of nitrogens with zero attached hydrogens (tertiary/aromatic N) is 1. The van der Waals surface area contributed by atoms with E-state index in [0.717, 1.165) is 16.8 Å². The molecule has 1 aliphatic rings. The molecule has 1 aliphatic heterocycles. The van der Waals surface area contributed by atoms with E-state index in [1.54, 1.807) is 19.2 Å². The SMILES string of the molecule is COc1ccc2c(c1NC(=S)Nc1ccc([N+](=O)[O-])cc1)C(C)(C)COC2(C)C. The Labute approximate surface area is 175 Å². The largest absolute Gasteiger partial charge is 0.495 e. The number of anilines is 2. The molecule has 154 valence electrons. The predicted octanol–water partition coefficient (Wildman–Crippen LogP) is 4.96. The van der Waals surface area contributed by atoms with E-state index in [1.807, 2.05) is 26.0 Å². The van der Waals surface area contributed by atoms with Gasteiger partial charge < -0.3 is 20.1 Å². The highest BCUT2D eigenvalue weighted by Gasteiger charge is 2.40. The van der Waals surface area contributed by atoms with Crippen LogP contribution in [0.3, 0.4) is 0 Å². The summed E-state index contributed by atoms with van der Waals surface area (Å²) < 4.78 is 11.7. The summed E-state index contributed by atoms with van der Waals surface area (Å²) in [7, 11) is 1.62. The lowest BCUT2D eigenvalue weighted by Gasteiger charge is -2.43. The summed E-state index contributed by atoms with van der Waals surface area (Å²) in [4.78, 5) is 10.4. The zero-order valence-electron chi connectivity index (χ0n) is 17.2. The number of ether oxygens (including phenoxy) is 2. The molecule has 2 N–H and O–H groups in total. The summed E-state index contributed by atoms with van der Waals surface area (Å²) in [6.45, 7) is 8.91. The first-order valence-corrected chi connectivity index (χ1v) is 9.64. The number of hydrogen-bond donors (Lipinski definition) is 2. The van der Waals surface area contributed by atoms with Gasteiger partial charge in [0.1, 0.15) is 5.75 Å². The normalized spacial score (nSPS) is 16.4. The highest BCUT2D eigenvalue weighted by atomic mass is 32.1. The molecule has 0 spiro atoms. The van der Waals surface area contributed by atoms with Crippen LogP contribution in [-0.2, 0) is 15.8 Å². The number of methoxy groups -OCH3 is 1. The Kier molecular flexibility index (Phi) is 5.51. The number of fused-ring (bicyclic) bond motifs is 1. The molecule has 0 atom stereocenters. The van der Waals surface area contributed by atoms with Crippen molar-refractivity contribution in [2.24, 2.45) is 0 Å². The number of nitro groups is 1. The fraction of sp³-hybridized carbons (Fsp3) is 0.381. The Morgan fingerprint density at radius 1 is 1.14 bits per heavy atom. The number of thiocarbonyl (C=S) groups is 1. The van der Waals surface area contributed by atoms with Gasteiger partial charge in [0, 0.05) is 23.2 Å². The molecule has 7 nitrogen and oxygen atoms in total. The quantitative estimate of drug-likeness (QED) is 0.415. The second-order valence-corrected chi connectivity index (χ2v) is 8.54. The molecule has 3 rings (SSSR count). The van der Waals surface area contributed by atoms with E-state index < -0.39 is 10.5 Å². The van der Waals surface area contributed by atoms with Crippen molar-refractivity contribution in [3.63, 3.8) is 0 Å². The van der Waals surface area contributed by atoms with Crippen molar-refractivity contribution in [2.45, 2.75) is 38.7 Å². The Bertz CT molecular complexity index is 955. The zero-order chi connectivity index (χ0) is 21.4. The lowest BCUT2D eigenvalue weighted by Crippen LogP contribution is -2.41. The molecule has 0 unspecified atom stereocenters. The average Bonchev–Trinajstić information content (AvgIpc) is 2.65. The topological polar surface area (TPSA) is 85.7 Å². The van der Waals surface area contributed by atoms with E-state index in [2.05, 4.69) is 24.5 Å². The third kappa shape index (κ3) is 4.18. The van der Waals surface area contributed by atoms with Crippen LogP contribution in [-0.4, -0.2) is 23.8 Å². The van der Waals surface area contributed by atoms with Crippen molar-refractivity contribution in [1.82, 2.24) is 0 Å². The Hall–Kier alpha value is -2.71. The molecule has 0 saturated heterocycles. The van der Waals surface area contributed by atoms with Crippen molar-refractivity contribution in [3.8, 4) is 5.75 Å². The third-order valence-electron chi connectivity index (χ3n) is 5.08. The van der Waals surface area contributed by atoms with Gasteiger partial charge >= 0.3 is 0 Å². The number of rotatable bonds is 4. The van der Waals surface area contributed by atoms with Crippen LogP contribution >= 0.6 is 12.2 Å². The molecule has 0 aromatic heterocycles. The van der Waals surface area contributed by atoms with Gasteiger partial charge in [-0.05, 0) is 55.4 Å². The van der Waals surface area contributed by atoms with E-state index >= 15 is 0 Å². The van der Waals surface area contributed by atoms with E-state index in [1.165, 1.54) is 12.1 Å². The molecular formula is C21H25N3O4S. The number of nitrogens with one attached hydrogen (secondary N) is 2. The first-order chi connectivity index (χ1) is 13.5. The van der Waals surface area contributed by atoms with Crippen LogP contribution in [0.15, 0.2) is 36.4 Å². The minimum absolute atomic E-state index is 0.0252. The number of benzene rings is 2. The summed E-state index contributed by atoms with van der Waals surface area (Å²) in [5, 5.41) is 17.5. The van der Waals surface area contributed by atoms with E-state index in [0.29, 0.717) is 23.2 Å². The van der Waals surface area contributed by atoms with Crippen LogP contribution < -0.4 is 15.4 Å². The first-order valence-electron chi connectivity index (χ1n) is 9.23. The Morgan fingerprint density at radius 3 is 2.38 bits per heavy atom. The summed E-state index contributed by atoms with van der Waals surface area (Å²) in [6.07, 6.45) is 0. The molecule has 0 radical (unpaired) electrons. The molecule has 0 fully saturated rings. The van der Waals surface area contributed by atoms with Crippen LogP contribution in [0.2, 0.25) is 0 Å². The summed E-state index contributed by atoms with van der Waals surface area (Å²) in [5.41, 5.74) is 2.98. The maximum Gasteiger partial charge on any atom is 0.269 e. The van der Waals surface area contributed by atoms with E-state index in [-0.39, 0.29) is 11.1 Å². The minimum atomic E-state index is -0.437. The highest BCUT2D eigenvalue weighted by molar-refractivity contribution is 7.80. The van der Waals surface area contributed by atoms with Crippen LogP contribution in [0.1, 0.15) is 38.8 Å². The number of nitro benzene ring substituents is 1. The van der Waals surface area contributed by atoms with E-state index in [9.17, 15) is 10.1 Å². The van der Waals surface area contributed by atoms with Gasteiger partial charge in [-0.2, -0.15) is 0 Å². The molecule has 8 heteroatoms. The minimum Gasteiger partial charge on any atom is -0.495 e. The maximum absolute atomic E-state index is 10.8. The van der Waals surface area contributed by atoms with Crippen molar-refractivity contribution in [2.75, 3.05) is 24.4 Å². The predicted molar refractivity (Wildman–Crippen MR) is 118 cm³/mol. The van der Waals surface area contributed by atoms with Gasteiger partial charge in [-0.15, -0.1) is 0 Å². The molecule has 1 heterocycles. The number of non-ortho nitro benzene ring substituents is 1. The molecular weight excluding hydrogens is 390 g/mol. The molecule has 0 aliphatic carbocycles. The third-order valence-corrected chi connectivity index (χ3v) is 5.28. The highest BCUT2D eigenvalue weighted by Crippen LogP contribution is 2.47. The van der Waals surface area contributed by atoms with Gasteiger partial charge in [0.05, 0.1) is 29.9 Å². The molecule has 0 amide bonds. The van der Waals surface area contributed by atoms with Crippen molar-refractivity contribution in [3.05, 3.63) is 57.6 Å². The molecule has 29 heavy (non-hydrogen) atoms. The van der Waals surface area contributed by atoms with Crippen molar-refractivity contribution in [1.29, 1.82) is 0 Å². The van der Waals surface area contributed by atoms with Crippen LogP contribution in [0.5, 0.6) is 5.75 Å². The fourth-order valence-electron chi connectivity index (χ4n) is 3.54. The van der Waals surface area contributed by atoms with Gasteiger partial charge in [0.25, 0.3) is 5.69 Å². The second kappa shape index (κ2) is 7.61. The van der Waals surface area contributed by atoms with Crippen LogP contribution in [0.4, 0.5) is 17.1 Å². The number of hydrogen-bond acceptors (Lipinski definition) is 5. The first kappa shape index (κ1) is 21.0. The van der Waals surface area contributed by atoms with Gasteiger partial charge in [-0.25, -0.2) is 0 Å². The molecule has 0 bridgehead atoms. The molecule has 0 saturated carbocycles. The van der Waals surface area contributed by atoms with Crippen molar-refractivity contribution >= 4 is 34.4 Å². The lowest BCUT2D eigenvalue weighted by molar-refractivity contribution is -0.384. The lowest BCUT2D eigenvalue weighted by atomic mass is 9.74. The van der Waals surface area contributed by atoms with E-state index in [4.69, 9.17) is 21.7 Å². The smallest absolute Gasteiger partial charge is 0.269 e.